The Morgan fingerprint density at radius 1 is 0.973 bits per heavy atom. The van der Waals surface area contributed by atoms with Gasteiger partial charge in [0.15, 0.2) is 11.0 Å². The number of hydrogen-bond donors (Lipinski definition) is 1. The second kappa shape index (κ2) is 10.9. The molecule has 0 atom stereocenters. The van der Waals surface area contributed by atoms with E-state index in [0.29, 0.717) is 22.3 Å². The van der Waals surface area contributed by atoms with Gasteiger partial charge < -0.3 is 5.32 Å². The summed E-state index contributed by atoms with van der Waals surface area (Å²) in [5.41, 5.74) is 6.36. The van der Waals surface area contributed by atoms with Crippen LogP contribution in [-0.4, -0.2) is 25.7 Å². The van der Waals surface area contributed by atoms with Crippen LogP contribution < -0.4 is 5.32 Å². The van der Waals surface area contributed by atoms with Crippen LogP contribution in [0.5, 0.6) is 0 Å². The summed E-state index contributed by atoms with van der Waals surface area (Å²) in [7, 11) is 0. The fraction of sp³-hybridized carbons (Fsp3) is 0.143. The molecule has 186 valence electrons. The van der Waals surface area contributed by atoms with E-state index < -0.39 is 0 Å². The third-order valence-corrected chi connectivity index (χ3v) is 8.28. The van der Waals surface area contributed by atoms with Crippen molar-refractivity contribution in [1.82, 2.24) is 19.7 Å². The van der Waals surface area contributed by atoms with E-state index in [1.54, 1.807) is 5.38 Å². The molecular weight excluding hydrogens is 522 g/mol. The Morgan fingerprint density at radius 2 is 1.76 bits per heavy atom. The highest BCUT2D eigenvalue weighted by Crippen LogP contribution is 2.34. The smallest absolute Gasteiger partial charge is 0.275 e. The molecule has 0 bridgehead atoms. The van der Waals surface area contributed by atoms with Crippen LogP contribution in [0.2, 0.25) is 5.02 Å². The van der Waals surface area contributed by atoms with Crippen molar-refractivity contribution >= 4 is 46.3 Å². The number of nitrogens with zero attached hydrogens (tertiary/aromatic N) is 4. The van der Waals surface area contributed by atoms with Crippen molar-refractivity contribution in [3.05, 3.63) is 105 Å². The maximum atomic E-state index is 12.8. The Kier molecular flexibility index (Phi) is 7.41. The van der Waals surface area contributed by atoms with Gasteiger partial charge in [-0.2, -0.15) is 0 Å². The zero-order valence-corrected chi connectivity index (χ0v) is 22.9. The lowest BCUT2D eigenvalue weighted by Gasteiger charge is -2.13. The Balaban J connectivity index is 1.38. The number of benzene rings is 3. The predicted molar refractivity (Wildman–Crippen MR) is 152 cm³/mol. The molecule has 0 unspecified atom stereocenters. The number of aryl methyl sites for hydroxylation is 3. The van der Waals surface area contributed by atoms with Crippen LogP contribution >= 0.6 is 34.7 Å². The SMILES string of the molecule is Cc1ccc(NC(=O)c2csc(CSc3nnc(-c4ccccc4Cl)n3-c3ccccc3C)n2)cc1C. The zero-order chi connectivity index (χ0) is 25.9. The first-order chi connectivity index (χ1) is 17.9. The van der Waals surface area contributed by atoms with Gasteiger partial charge in [-0.1, -0.05) is 59.8 Å². The van der Waals surface area contributed by atoms with Crippen molar-refractivity contribution in [3.63, 3.8) is 0 Å². The molecule has 0 aliphatic heterocycles. The maximum absolute atomic E-state index is 12.8. The molecule has 0 spiro atoms. The average molecular weight is 546 g/mol. The number of amides is 1. The molecule has 0 aliphatic rings. The van der Waals surface area contributed by atoms with Crippen LogP contribution in [0.1, 0.15) is 32.2 Å². The first-order valence-corrected chi connectivity index (χ1v) is 13.9. The topological polar surface area (TPSA) is 72.7 Å². The van der Waals surface area contributed by atoms with Crippen LogP contribution in [0.3, 0.4) is 0 Å². The molecule has 5 aromatic rings. The Hall–Kier alpha value is -3.46. The number of nitrogens with one attached hydrogen (secondary N) is 1. The molecule has 37 heavy (non-hydrogen) atoms. The van der Waals surface area contributed by atoms with Gasteiger partial charge in [-0.05, 0) is 67.8 Å². The number of thioether (sulfide) groups is 1. The highest BCUT2D eigenvalue weighted by molar-refractivity contribution is 7.98. The molecule has 0 aliphatic carbocycles. The number of halogens is 1. The fourth-order valence-corrected chi connectivity index (χ4v) is 5.79. The first-order valence-electron chi connectivity index (χ1n) is 11.6. The first kappa shape index (κ1) is 25.2. The van der Waals surface area contributed by atoms with E-state index >= 15 is 0 Å². The number of anilines is 1. The molecule has 1 N–H and O–H groups in total. The van der Waals surface area contributed by atoms with Crippen molar-refractivity contribution < 1.29 is 4.79 Å². The number of thiazole rings is 1. The number of hydrogen-bond acceptors (Lipinski definition) is 6. The van der Waals surface area contributed by atoms with Gasteiger partial charge in [0, 0.05) is 16.6 Å². The van der Waals surface area contributed by atoms with E-state index in [0.717, 1.165) is 38.2 Å². The highest BCUT2D eigenvalue weighted by atomic mass is 35.5. The molecule has 0 fully saturated rings. The minimum Gasteiger partial charge on any atom is -0.321 e. The van der Waals surface area contributed by atoms with Crippen molar-refractivity contribution in [2.45, 2.75) is 31.7 Å². The lowest BCUT2D eigenvalue weighted by atomic mass is 10.1. The largest absolute Gasteiger partial charge is 0.321 e. The van der Waals surface area contributed by atoms with Crippen LogP contribution in [-0.2, 0) is 5.75 Å². The van der Waals surface area contributed by atoms with Gasteiger partial charge in [0.25, 0.3) is 5.91 Å². The van der Waals surface area contributed by atoms with Crippen LogP contribution in [0.25, 0.3) is 17.1 Å². The van der Waals surface area contributed by atoms with E-state index in [4.69, 9.17) is 11.6 Å². The summed E-state index contributed by atoms with van der Waals surface area (Å²) in [5.74, 6) is 1.00. The lowest BCUT2D eigenvalue weighted by molar-refractivity contribution is 0.102. The summed E-state index contributed by atoms with van der Waals surface area (Å²) in [6.45, 7) is 6.13. The summed E-state index contributed by atoms with van der Waals surface area (Å²) in [6, 6.07) is 21.6. The molecule has 1 amide bonds. The van der Waals surface area contributed by atoms with E-state index in [1.807, 2.05) is 79.1 Å². The van der Waals surface area contributed by atoms with Crippen LogP contribution in [0, 0.1) is 20.8 Å². The molecule has 6 nitrogen and oxygen atoms in total. The van der Waals surface area contributed by atoms with Gasteiger partial charge in [-0.25, -0.2) is 4.98 Å². The van der Waals surface area contributed by atoms with Crippen molar-refractivity contribution in [3.8, 4) is 17.1 Å². The molecule has 5 rings (SSSR count). The fourth-order valence-electron chi connectivity index (χ4n) is 3.83. The number of carbonyl (C=O) groups is 1. The Labute approximate surface area is 228 Å². The summed E-state index contributed by atoms with van der Waals surface area (Å²) in [6.07, 6.45) is 0. The summed E-state index contributed by atoms with van der Waals surface area (Å²) >= 11 is 9.49. The van der Waals surface area contributed by atoms with Gasteiger partial charge in [0.2, 0.25) is 0 Å². The molecule has 0 saturated heterocycles. The van der Waals surface area contributed by atoms with Crippen molar-refractivity contribution in [2.75, 3.05) is 5.32 Å². The van der Waals surface area contributed by atoms with Gasteiger partial charge in [0.05, 0.1) is 16.5 Å². The van der Waals surface area contributed by atoms with E-state index in [9.17, 15) is 4.79 Å². The van der Waals surface area contributed by atoms with E-state index in [-0.39, 0.29) is 5.91 Å². The summed E-state index contributed by atoms with van der Waals surface area (Å²) < 4.78 is 2.03. The Morgan fingerprint density at radius 3 is 2.54 bits per heavy atom. The number of para-hydroxylation sites is 1. The minimum atomic E-state index is -0.222. The highest BCUT2D eigenvalue weighted by Gasteiger charge is 2.20. The molecule has 0 saturated carbocycles. The minimum absolute atomic E-state index is 0.222. The standard InChI is InChI=1S/C28H24ClN5OS2/c1-17-12-13-20(14-19(17)3)30-27(35)23-15-36-25(31-23)16-37-28-33-32-26(21-9-5-6-10-22(21)29)34(28)24-11-7-4-8-18(24)2/h4-15H,16H2,1-3H3,(H,30,35). The quantitative estimate of drug-likeness (QED) is 0.214. The number of carbonyl (C=O) groups excluding carboxylic acids is 1. The van der Waals surface area contributed by atoms with Crippen molar-refractivity contribution in [1.29, 1.82) is 0 Å². The second-order valence-corrected chi connectivity index (χ2v) is 10.9. The summed E-state index contributed by atoms with van der Waals surface area (Å²) in [4.78, 5) is 17.3. The number of aromatic nitrogens is 4. The monoisotopic (exact) mass is 545 g/mol. The second-order valence-electron chi connectivity index (χ2n) is 8.58. The summed E-state index contributed by atoms with van der Waals surface area (Å²) in [5, 5.41) is 15.9. The zero-order valence-electron chi connectivity index (χ0n) is 20.5. The molecular formula is C28H24ClN5OS2. The molecule has 0 radical (unpaired) electrons. The molecule has 3 aromatic carbocycles. The lowest BCUT2D eigenvalue weighted by Crippen LogP contribution is -2.12. The van der Waals surface area contributed by atoms with Crippen LogP contribution in [0.4, 0.5) is 5.69 Å². The molecule has 2 heterocycles. The normalized spacial score (nSPS) is 11.0. The third kappa shape index (κ3) is 5.46. The predicted octanol–water partition coefficient (Wildman–Crippen LogP) is 7.51. The van der Waals surface area contributed by atoms with Gasteiger partial charge >= 0.3 is 0 Å². The maximum Gasteiger partial charge on any atom is 0.275 e. The third-order valence-electron chi connectivity index (χ3n) is 5.98. The van der Waals surface area contributed by atoms with Crippen molar-refractivity contribution in [2.24, 2.45) is 0 Å². The van der Waals surface area contributed by atoms with E-state index in [2.05, 4.69) is 33.5 Å². The molecule has 2 aromatic heterocycles. The average Bonchev–Trinajstić information content (AvgIpc) is 3.53. The Bertz CT molecular complexity index is 1590. The number of rotatable bonds is 7. The van der Waals surface area contributed by atoms with Gasteiger partial charge in [-0.3, -0.25) is 9.36 Å². The van der Waals surface area contributed by atoms with Gasteiger partial charge in [-0.15, -0.1) is 21.5 Å². The molecule has 9 heteroatoms. The van der Waals surface area contributed by atoms with E-state index in [1.165, 1.54) is 28.7 Å². The van der Waals surface area contributed by atoms with Crippen LogP contribution in [0.15, 0.2) is 77.3 Å². The van der Waals surface area contributed by atoms with Gasteiger partial charge in [0.1, 0.15) is 10.7 Å².